The van der Waals surface area contributed by atoms with E-state index in [4.69, 9.17) is 14.9 Å². The molecule has 0 heterocycles. The minimum atomic E-state index is -0.985. The van der Waals surface area contributed by atoms with E-state index < -0.39 is 5.54 Å². The third kappa shape index (κ3) is 5.28. The van der Waals surface area contributed by atoms with E-state index in [-0.39, 0.29) is 32.1 Å². The second-order valence-corrected chi connectivity index (χ2v) is 4.84. The van der Waals surface area contributed by atoms with Gasteiger partial charge in [0.2, 0.25) is 5.91 Å². The number of rotatable bonds is 7. The van der Waals surface area contributed by atoms with E-state index in [0.29, 0.717) is 5.75 Å². The van der Waals surface area contributed by atoms with Gasteiger partial charge in [0.05, 0.1) is 31.8 Å². The molecule has 0 fully saturated rings. The van der Waals surface area contributed by atoms with Crippen LogP contribution in [0.4, 0.5) is 0 Å². The number of benzene rings is 1. The van der Waals surface area contributed by atoms with Gasteiger partial charge in [0, 0.05) is 0 Å². The lowest BCUT2D eigenvalue weighted by Gasteiger charge is -2.26. The van der Waals surface area contributed by atoms with E-state index in [1.54, 1.807) is 6.92 Å². The van der Waals surface area contributed by atoms with Gasteiger partial charge >= 0.3 is 0 Å². The van der Waals surface area contributed by atoms with Crippen molar-refractivity contribution in [3.05, 3.63) is 29.8 Å². The van der Waals surface area contributed by atoms with Crippen molar-refractivity contribution >= 4 is 5.91 Å². The highest BCUT2D eigenvalue weighted by atomic mass is 16.5. The summed E-state index contributed by atoms with van der Waals surface area (Å²) in [6.45, 7) is 3.19. The molecule has 1 aromatic rings. The van der Waals surface area contributed by atoms with Crippen LogP contribution >= 0.6 is 0 Å². The molecule has 0 aliphatic carbocycles. The lowest BCUT2D eigenvalue weighted by Crippen LogP contribution is -2.51. The Labute approximate surface area is 113 Å². The maximum atomic E-state index is 11.6. The van der Waals surface area contributed by atoms with E-state index in [1.165, 1.54) is 0 Å². The van der Waals surface area contributed by atoms with Crippen molar-refractivity contribution in [2.24, 2.45) is 0 Å². The van der Waals surface area contributed by atoms with Gasteiger partial charge in [-0.1, -0.05) is 17.7 Å². The van der Waals surface area contributed by atoms with Crippen molar-refractivity contribution in [3.63, 3.8) is 0 Å². The van der Waals surface area contributed by atoms with Gasteiger partial charge in [-0.3, -0.25) is 4.79 Å². The van der Waals surface area contributed by atoms with Gasteiger partial charge in [-0.25, -0.2) is 0 Å². The lowest BCUT2D eigenvalue weighted by atomic mass is 10.1. The molecule has 5 heteroatoms. The van der Waals surface area contributed by atoms with Gasteiger partial charge in [-0.05, 0) is 26.0 Å². The molecule has 1 rings (SSSR count). The Hall–Kier alpha value is -1.59. The quantitative estimate of drug-likeness (QED) is 0.677. The average Bonchev–Trinajstić information content (AvgIpc) is 2.41. The van der Waals surface area contributed by atoms with Crippen LogP contribution in [0.3, 0.4) is 0 Å². The number of ether oxygens (including phenoxy) is 1. The number of nitrogens with one attached hydrogen (secondary N) is 1. The molecule has 0 saturated carbocycles. The predicted molar refractivity (Wildman–Crippen MR) is 72.0 cm³/mol. The molecule has 0 atom stereocenters. The van der Waals surface area contributed by atoms with Crippen molar-refractivity contribution in [1.29, 1.82) is 0 Å². The van der Waals surface area contributed by atoms with Crippen molar-refractivity contribution < 1.29 is 19.7 Å². The van der Waals surface area contributed by atoms with Gasteiger partial charge in [-0.2, -0.15) is 0 Å². The Balaban J connectivity index is 2.33. The van der Waals surface area contributed by atoms with Gasteiger partial charge in [0.1, 0.15) is 5.75 Å². The first-order valence-corrected chi connectivity index (χ1v) is 6.21. The monoisotopic (exact) mass is 267 g/mol. The largest absolute Gasteiger partial charge is 0.493 e. The second-order valence-electron chi connectivity index (χ2n) is 4.84. The Morgan fingerprint density at radius 3 is 2.37 bits per heavy atom. The Morgan fingerprint density at radius 1 is 1.26 bits per heavy atom. The number of carbonyl (C=O) groups is 1. The first-order chi connectivity index (χ1) is 8.99. The van der Waals surface area contributed by atoms with Crippen LogP contribution in [0.1, 0.15) is 18.9 Å². The molecule has 0 saturated heterocycles. The fraction of sp³-hybridized carbons (Fsp3) is 0.500. The first-order valence-electron chi connectivity index (χ1n) is 6.21. The van der Waals surface area contributed by atoms with Crippen LogP contribution in [0, 0.1) is 6.92 Å². The minimum absolute atomic E-state index is 0.170. The topological polar surface area (TPSA) is 78.8 Å². The summed E-state index contributed by atoms with van der Waals surface area (Å²) >= 11 is 0. The van der Waals surface area contributed by atoms with E-state index in [9.17, 15) is 4.79 Å². The molecule has 0 unspecified atom stereocenters. The fourth-order valence-corrected chi connectivity index (χ4v) is 1.42. The normalized spacial score (nSPS) is 11.2. The number of hydrogen-bond donors (Lipinski definition) is 3. The lowest BCUT2D eigenvalue weighted by molar-refractivity contribution is -0.124. The van der Waals surface area contributed by atoms with Crippen LogP contribution in [0.15, 0.2) is 24.3 Å². The summed E-state index contributed by atoms with van der Waals surface area (Å²) in [7, 11) is 0. The predicted octanol–water partition coefficient (Wildman–Crippen LogP) is 0.623. The van der Waals surface area contributed by atoms with Crippen LogP contribution in [0.25, 0.3) is 0 Å². The fourth-order valence-electron chi connectivity index (χ4n) is 1.42. The van der Waals surface area contributed by atoms with E-state index in [0.717, 1.165) is 5.56 Å². The summed E-state index contributed by atoms with van der Waals surface area (Å²) in [5.74, 6) is 0.447. The SMILES string of the molecule is Cc1ccc(OCCC(=O)NC(C)(CO)CO)cc1. The van der Waals surface area contributed by atoms with Crippen LogP contribution in [0.5, 0.6) is 5.75 Å². The van der Waals surface area contributed by atoms with Gasteiger partial charge in [0.15, 0.2) is 0 Å². The molecule has 0 radical (unpaired) electrons. The van der Waals surface area contributed by atoms with Gasteiger partial charge in [0.25, 0.3) is 0 Å². The molecule has 1 amide bonds. The zero-order chi connectivity index (χ0) is 14.3. The standard InChI is InChI=1S/C14H21NO4/c1-11-3-5-12(6-4-11)19-8-7-13(18)15-14(2,9-16)10-17/h3-6,16-17H,7-10H2,1-2H3,(H,15,18). The summed E-state index contributed by atoms with van der Waals surface area (Å²) in [5, 5.41) is 20.7. The molecule has 0 aliphatic rings. The number of aliphatic hydroxyl groups excluding tert-OH is 2. The molecular weight excluding hydrogens is 246 g/mol. The highest BCUT2D eigenvalue weighted by Gasteiger charge is 2.24. The van der Waals surface area contributed by atoms with Gasteiger partial charge in [-0.15, -0.1) is 0 Å². The highest BCUT2D eigenvalue weighted by molar-refractivity contribution is 5.76. The summed E-state index contributed by atoms with van der Waals surface area (Å²) in [4.78, 5) is 11.6. The minimum Gasteiger partial charge on any atom is -0.493 e. The zero-order valence-corrected chi connectivity index (χ0v) is 11.3. The molecule has 0 bridgehead atoms. The Morgan fingerprint density at radius 2 is 1.84 bits per heavy atom. The van der Waals surface area contributed by atoms with Crippen LogP contribution in [-0.4, -0.2) is 41.5 Å². The number of hydrogen-bond acceptors (Lipinski definition) is 4. The Bertz CT molecular complexity index is 398. The molecule has 0 aromatic heterocycles. The number of carbonyl (C=O) groups excluding carboxylic acids is 1. The summed E-state index contributed by atoms with van der Waals surface area (Å²) in [6, 6.07) is 7.56. The molecule has 19 heavy (non-hydrogen) atoms. The molecule has 3 N–H and O–H groups in total. The third-order valence-corrected chi connectivity index (χ3v) is 2.76. The maximum absolute atomic E-state index is 11.6. The molecule has 106 valence electrons. The van der Waals surface area contributed by atoms with Crippen molar-refractivity contribution in [1.82, 2.24) is 5.32 Å². The molecule has 1 aromatic carbocycles. The molecular formula is C14H21NO4. The first kappa shape index (κ1) is 15.5. The van der Waals surface area contributed by atoms with E-state index >= 15 is 0 Å². The van der Waals surface area contributed by atoms with Crippen molar-refractivity contribution in [2.45, 2.75) is 25.8 Å². The third-order valence-electron chi connectivity index (χ3n) is 2.76. The van der Waals surface area contributed by atoms with E-state index in [1.807, 2.05) is 31.2 Å². The average molecular weight is 267 g/mol. The number of aryl methyl sites for hydroxylation is 1. The highest BCUT2D eigenvalue weighted by Crippen LogP contribution is 2.11. The molecule has 0 spiro atoms. The summed E-state index contributed by atoms with van der Waals surface area (Å²) in [5.41, 5.74) is 0.160. The van der Waals surface area contributed by atoms with Crippen LogP contribution in [-0.2, 0) is 4.79 Å². The number of aliphatic hydroxyl groups is 2. The molecule has 0 aliphatic heterocycles. The van der Waals surface area contributed by atoms with Crippen LogP contribution in [0.2, 0.25) is 0 Å². The van der Waals surface area contributed by atoms with Gasteiger partial charge < -0.3 is 20.3 Å². The summed E-state index contributed by atoms with van der Waals surface area (Å²) < 4.78 is 5.43. The summed E-state index contributed by atoms with van der Waals surface area (Å²) in [6.07, 6.45) is 0.170. The van der Waals surface area contributed by atoms with Crippen molar-refractivity contribution in [2.75, 3.05) is 19.8 Å². The maximum Gasteiger partial charge on any atom is 0.224 e. The second kappa shape index (κ2) is 7.11. The zero-order valence-electron chi connectivity index (χ0n) is 11.3. The smallest absolute Gasteiger partial charge is 0.224 e. The van der Waals surface area contributed by atoms with Crippen molar-refractivity contribution in [3.8, 4) is 5.75 Å². The number of amides is 1. The van der Waals surface area contributed by atoms with E-state index in [2.05, 4.69) is 5.32 Å². The van der Waals surface area contributed by atoms with Crippen LogP contribution < -0.4 is 10.1 Å². The Kier molecular flexibility index (Phi) is 5.79. The molecule has 5 nitrogen and oxygen atoms in total.